The standard InChI is InChI=1S/C18H26N4O2/c1-13-22(2)21-17(24-13)9-7-5-4-6-8-14-12-15(18(19)20)10-11-16(14)23-3/h6,8,10-13H,4-5,7,9H2,1-3H3,(H3,19,20)/b8-6+. The summed E-state index contributed by atoms with van der Waals surface area (Å²) >= 11 is 0. The zero-order chi connectivity index (χ0) is 17.5. The minimum absolute atomic E-state index is 0.0425. The van der Waals surface area contributed by atoms with Crippen molar-refractivity contribution >= 4 is 17.8 Å². The van der Waals surface area contributed by atoms with E-state index in [1.165, 1.54) is 0 Å². The van der Waals surface area contributed by atoms with Gasteiger partial charge in [0.2, 0.25) is 5.90 Å². The maximum absolute atomic E-state index is 7.52. The highest BCUT2D eigenvalue weighted by Gasteiger charge is 2.18. The summed E-state index contributed by atoms with van der Waals surface area (Å²) in [6.45, 7) is 1.99. The fourth-order valence-corrected chi connectivity index (χ4v) is 2.44. The van der Waals surface area contributed by atoms with Gasteiger partial charge in [-0.05, 0) is 44.4 Å². The third kappa shape index (κ3) is 4.75. The van der Waals surface area contributed by atoms with Gasteiger partial charge in [0, 0.05) is 24.6 Å². The molecule has 1 aliphatic rings. The van der Waals surface area contributed by atoms with Crippen molar-refractivity contribution in [3.63, 3.8) is 0 Å². The highest BCUT2D eigenvalue weighted by atomic mass is 16.5. The maximum Gasteiger partial charge on any atom is 0.208 e. The number of rotatable bonds is 8. The Hall–Kier alpha value is -2.50. The van der Waals surface area contributed by atoms with E-state index in [1.54, 1.807) is 13.2 Å². The number of hydrazone groups is 1. The van der Waals surface area contributed by atoms with Crippen molar-refractivity contribution in [1.82, 2.24) is 5.01 Å². The van der Waals surface area contributed by atoms with Crippen LogP contribution in [0.25, 0.3) is 6.08 Å². The summed E-state index contributed by atoms with van der Waals surface area (Å²) < 4.78 is 11.0. The Balaban J connectivity index is 1.81. The van der Waals surface area contributed by atoms with Gasteiger partial charge in [-0.2, -0.15) is 0 Å². The molecular formula is C18H26N4O2. The molecule has 1 atom stereocenters. The SMILES string of the molecule is COc1ccc(C(=N)N)cc1/C=C/CCCCC1=NN(C)C(C)O1. The quantitative estimate of drug-likeness (QED) is 0.435. The Morgan fingerprint density at radius 3 is 2.88 bits per heavy atom. The lowest BCUT2D eigenvalue weighted by Crippen LogP contribution is -2.19. The Labute approximate surface area is 143 Å². The molecular weight excluding hydrogens is 304 g/mol. The summed E-state index contributed by atoms with van der Waals surface area (Å²) in [5.74, 6) is 1.66. The number of nitrogens with one attached hydrogen (secondary N) is 1. The topological polar surface area (TPSA) is 83.9 Å². The molecule has 0 saturated carbocycles. The van der Waals surface area contributed by atoms with E-state index in [0.29, 0.717) is 5.56 Å². The molecule has 6 nitrogen and oxygen atoms in total. The molecule has 1 aliphatic heterocycles. The van der Waals surface area contributed by atoms with Gasteiger partial charge in [0.15, 0.2) is 6.23 Å². The Bertz CT molecular complexity index is 640. The molecule has 0 fully saturated rings. The van der Waals surface area contributed by atoms with Gasteiger partial charge in [0.25, 0.3) is 0 Å². The molecule has 1 aromatic carbocycles. The summed E-state index contributed by atoms with van der Waals surface area (Å²) in [4.78, 5) is 0. The van der Waals surface area contributed by atoms with Crippen molar-refractivity contribution < 1.29 is 9.47 Å². The van der Waals surface area contributed by atoms with E-state index >= 15 is 0 Å². The first-order valence-corrected chi connectivity index (χ1v) is 8.17. The number of methoxy groups -OCH3 is 1. The van der Waals surface area contributed by atoms with Gasteiger partial charge in [-0.1, -0.05) is 12.2 Å². The lowest BCUT2D eigenvalue weighted by molar-refractivity contribution is 0.0938. The molecule has 2 rings (SSSR count). The molecule has 1 heterocycles. The lowest BCUT2D eigenvalue weighted by Gasteiger charge is -2.11. The third-order valence-electron chi connectivity index (χ3n) is 3.95. The normalized spacial score (nSPS) is 17.0. The molecule has 3 N–H and O–H groups in total. The lowest BCUT2D eigenvalue weighted by atomic mass is 10.1. The molecule has 1 aromatic rings. The molecule has 1 unspecified atom stereocenters. The van der Waals surface area contributed by atoms with Crippen LogP contribution in [0.3, 0.4) is 0 Å². The van der Waals surface area contributed by atoms with Crippen molar-refractivity contribution in [3.05, 3.63) is 35.4 Å². The summed E-state index contributed by atoms with van der Waals surface area (Å²) in [6, 6.07) is 5.50. The van der Waals surface area contributed by atoms with Crippen LogP contribution in [0, 0.1) is 5.41 Å². The summed E-state index contributed by atoms with van der Waals surface area (Å²) in [5, 5.41) is 13.7. The summed E-state index contributed by atoms with van der Waals surface area (Å²) in [7, 11) is 3.56. The Morgan fingerprint density at radius 2 is 2.25 bits per heavy atom. The van der Waals surface area contributed by atoms with Gasteiger partial charge < -0.3 is 15.2 Å². The molecule has 130 valence electrons. The van der Waals surface area contributed by atoms with Crippen LogP contribution in [0.4, 0.5) is 0 Å². The van der Waals surface area contributed by atoms with Gasteiger partial charge in [-0.15, -0.1) is 5.10 Å². The summed E-state index contributed by atoms with van der Waals surface area (Å²) in [5.41, 5.74) is 7.17. The number of allylic oxidation sites excluding steroid dienone is 1. The number of hydrogen-bond donors (Lipinski definition) is 2. The smallest absolute Gasteiger partial charge is 0.208 e. The van der Waals surface area contributed by atoms with E-state index in [1.807, 2.05) is 37.2 Å². The zero-order valence-electron chi connectivity index (χ0n) is 14.6. The van der Waals surface area contributed by atoms with E-state index < -0.39 is 0 Å². The number of nitrogens with zero attached hydrogens (tertiary/aromatic N) is 2. The van der Waals surface area contributed by atoms with Crippen LogP contribution in [-0.2, 0) is 4.74 Å². The first kappa shape index (κ1) is 17.8. The number of ether oxygens (including phenoxy) is 2. The second-order valence-electron chi connectivity index (χ2n) is 5.80. The first-order chi connectivity index (χ1) is 11.5. The molecule has 0 aliphatic carbocycles. The second-order valence-corrected chi connectivity index (χ2v) is 5.80. The van der Waals surface area contributed by atoms with E-state index in [4.69, 9.17) is 20.6 Å². The van der Waals surface area contributed by atoms with Crippen LogP contribution >= 0.6 is 0 Å². The Kier molecular flexibility index (Phi) is 6.23. The summed E-state index contributed by atoms with van der Waals surface area (Å²) in [6.07, 6.45) is 8.11. The fraction of sp³-hybridized carbons (Fsp3) is 0.444. The molecule has 0 aromatic heterocycles. The number of nitrogen functional groups attached to an aromatic ring is 1. The molecule has 24 heavy (non-hydrogen) atoms. The molecule has 0 amide bonds. The number of amidine groups is 1. The van der Waals surface area contributed by atoms with Crippen LogP contribution in [0.5, 0.6) is 5.75 Å². The largest absolute Gasteiger partial charge is 0.496 e. The Morgan fingerprint density at radius 1 is 1.46 bits per heavy atom. The van der Waals surface area contributed by atoms with Crippen molar-refractivity contribution in [2.75, 3.05) is 14.2 Å². The number of hydrogen-bond acceptors (Lipinski definition) is 5. The molecule has 0 spiro atoms. The first-order valence-electron chi connectivity index (χ1n) is 8.17. The van der Waals surface area contributed by atoms with Crippen molar-refractivity contribution in [1.29, 1.82) is 5.41 Å². The average molecular weight is 330 g/mol. The third-order valence-corrected chi connectivity index (χ3v) is 3.95. The molecule has 0 radical (unpaired) electrons. The highest BCUT2D eigenvalue weighted by molar-refractivity contribution is 5.95. The van der Waals surface area contributed by atoms with Crippen LogP contribution in [0.2, 0.25) is 0 Å². The number of nitrogens with two attached hydrogens (primary N) is 1. The van der Waals surface area contributed by atoms with E-state index in [0.717, 1.165) is 42.9 Å². The minimum Gasteiger partial charge on any atom is -0.496 e. The van der Waals surface area contributed by atoms with Crippen LogP contribution in [0.15, 0.2) is 29.4 Å². The predicted octanol–water partition coefficient (Wildman–Crippen LogP) is 3.17. The van der Waals surface area contributed by atoms with Crippen LogP contribution in [-0.4, -0.2) is 37.1 Å². The highest BCUT2D eigenvalue weighted by Crippen LogP contribution is 2.22. The van der Waals surface area contributed by atoms with Crippen molar-refractivity contribution in [2.45, 2.75) is 38.8 Å². The number of unbranched alkanes of at least 4 members (excludes halogenated alkanes) is 2. The van der Waals surface area contributed by atoms with Gasteiger partial charge in [0.05, 0.1) is 7.11 Å². The molecule has 0 bridgehead atoms. The van der Waals surface area contributed by atoms with Crippen LogP contribution in [0.1, 0.15) is 43.7 Å². The molecule has 0 saturated heterocycles. The monoisotopic (exact) mass is 330 g/mol. The van der Waals surface area contributed by atoms with Gasteiger partial charge in [-0.25, -0.2) is 0 Å². The van der Waals surface area contributed by atoms with E-state index in [2.05, 4.69) is 11.2 Å². The zero-order valence-corrected chi connectivity index (χ0v) is 14.6. The van der Waals surface area contributed by atoms with Gasteiger partial charge in [0.1, 0.15) is 11.6 Å². The maximum atomic E-state index is 7.52. The molecule has 6 heteroatoms. The second kappa shape index (κ2) is 8.38. The number of benzene rings is 1. The average Bonchev–Trinajstić information content (AvgIpc) is 2.88. The van der Waals surface area contributed by atoms with Crippen LogP contribution < -0.4 is 10.5 Å². The van der Waals surface area contributed by atoms with Gasteiger partial charge in [-0.3, -0.25) is 10.4 Å². The van der Waals surface area contributed by atoms with E-state index in [-0.39, 0.29) is 12.1 Å². The van der Waals surface area contributed by atoms with Gasteiger partial charge >= 0.3 is 0 Å². The van der Waals surface area contributed by atoms with E-state index in [9.17, 15) is 0 Å². The fourth-order valence-electron chi connectivity index (χ4n) is 2.44. The minimum atomic E-state index is 0.0425. The van der Waals surface area contributed by atoms with Crippen molar-refractivity contribution in [2.24, 2.45) is 10.8 Å². The predicted molar refractivity (Wildman–Crippen MR) is 97.3 cm³/mol. The van der Waals surface area contributed by atoms with Crippen molar-refractivity contribution in [3.8, 4) is 5.75 Å².